The van der Waals surface area contributed by atoms with Gasteiger partial charge in [0, 0.05) is 23.2 Å². The van der Waals surface area contributed by atoms with Gasteiger partial charge in [-0.3, -0.25) is 14.9 Å². The highest BCUT2D eigenvalue weighted by molar-refractivity contribution is 6.09. The number of imide groups is 1. The van der Waals surface area contributed by atoms with Crippen LogP contribution in [0.1, 0.15) is 34.5 Å². The summed E-state index contributed by atoms with van der Waals surface area (Å²) >= 11 is 0. The molecular formula is C24H21FN2O4. The highest BCUT2D eigenvalue weighted by Gasteiger charge is 2.24. The molecule has 3 aromatic carbocycles. The van der Waals surface area contributed by atoms with Crippen LogP contribution in [0.15, 0.2) is 78.9 Å². The molecule has 0 aliphatic heterocycles. The predicted octanol–water partition coefficient (Wildman–Crippen LogP) is 4.02. The molecule has 0 saturated heterocycles. The third kappa shape index (κ3) is 5.76. The number of amides is 3. The minimum Gasteiger partial charge on any atom is -0.476 e. The van der Waals surface area contributed by atoms with Gasteiger partial charge in [0.2, 0.25) is 6.10 Å². The molecule has 0 heterocycles. The molecule has 0 spiro atoms. The number of benzene rings is 3. The smallest absolute Gasteiger partial charge is 0.321 e. The van der Waals surface area contributed by atoms with Crippen LogP contribution >= 0.6 is 0 Å². The summed E-state index contributed by atoms with van der Waals surface area (Å²) in [4.78, 5) is 36.9. The van der Waals surface area contributed by atoms with Gasteiger partial charge in [0.05, 0.1) is 0 Å². The lowest BCUT2D eigenvalue weighted by Crippen LogP contribution is -2.42. The summed E-state index contributed by atoms with van der Waals surface area (Å²) in [7, 11) is 0. The number of hydrogen-bond acceptors (Lipinski definition) is 4. The lowest BCUT2D eigenvalue weighted by Gasteiger charge is -2.19. The molecule has 1 atom stereocenters. The highest BCUT2D eigenvalue weighted by Crippen LogP contribution is 2.23. The van der Waals surface area contributed by atoms with Crippen LogP contribution in [-0.2, 0) is 4.79 Å². The number of urea groups is 1. The van der Waals surface area contributed by atoms with Crippen molar-refractivity contribution in [1.82, 2.24) is 10.6 Å². The zero-order valence-corrected chi connectivity index (χ0v) is 16.8. The van der Waals surface area contributed by atoms with E-state index in [4.69, 9.17) is 4.74 Å². The van der Waals surface area contributed by atoms with Crippen molar-refractivity contribution >= 4 is 17.7 Å². The minimum absolute atomic E-state index is 0.264. The van der Waals surface area contributed by atoms with Gasteiger partial charge in [0.1, 0.15) is 11.6 Å². The molecule has 0 aliphatic carbocycles. The zero-order valence-electron chi connectivity index (χ0n) is 16.8. The SMILES string of the molecule is CCNC(=O)NC(=O)[C@@H](Oc1ccc(C(=O)c2ccc(F)cc2)cc1)c1ccccc1. The topological polar surface area (TPSA) is 84.5 Å². The molecular weight excluding hydrogens is 399 g/mol. The van der Waals surface area contributed by atoms with Crippen molar-refractivity contribution in [2.24, 2.45) is 0 Å². The number of carbonyl (C=O) groups is 3. The molecule has 0 saturated carbocycles. The summed E-state index contributed by atoms with van der Waals surface area (Å²) < 4.78 is 18.9. The van der Waals surface area contributed by atoms with E-state index in [1.54, 1.807) is 61.5 Å². The number of halogens is 1. The number of hydrogen-bond donors (Lipinski definition) is 2. The van der Waals surface area contributed by atoms with Crippen molar-refractivity contribution in [2.75, 3.05) is 6.54 Å². The van der Waals surface area contributed by atoms with Gasteiger partial charge in [0.25, 0.3) is 5.91 Å². The van der Waals surface area contributed by atoms with Gasteiger partial charge in [-0.05, 0) is 55.5 Å². The molecule has 0 aromatic heterocycles. The fourth-order valence-corrected chi connectivity index (χ4v) is 2.87. The number of nitrogens with one attached hydrogen (secondary N) is 2. The molecule has 0 unspecified atom stereocenters. The van der Waals surface area contributed by atoms with Gasteiger partial charge < -0.3 is 10.1 Å². The molecule has 158 valence electrons. The van der Waals surface area contributed by atoms with Crippen LogP contribution in [0.3, 0.4) is 0 Å². The molecule has 7 heteroatoms. The summed E-state index contributed by atoms with van der Waals surface area (Å²) in [6.45, 7) is 2.11. The first kappa shape index (κ1) is 21.7. The number of ether oxygens (including phenoxy) is 1. The summed E-state index contributed by atoms with van der Waals surface area (Å²) in [6.07, 6.45) is -1.07. The van der Waals surface area contributed by atoms with E-state index in [-0.39, 0.29) is 5.78 Å². The van der Waals surface area contributed by atoms with E-state index in [0.29, 0.717) is 29.0 Å². The Morgan fingerprint density at radius 2 is 1.45 bits per heavy atom. The molecule has 0 fully saturated rings. The van der Waals surface area contributed by atoms with Crippen LogP contribution in [0.2, 0.25) is 0 Å². The van der Waals surface area contributed by atoms with Crippen LogP contribution in [0.25, 0.3) is 0 Å². The lowest BCUT2D eigenvalue weighted by atomic mass is 10.0. The Bertz CT molecular complexity index is 1050. The fraction of sp³-hybridized carbons (Fsp3) is 0.125. The monoisotopic (exact) mass is 420 g/mol. The van der Waals surface area contributed by atoms with E-state index < -0.39 is 23.9 Å². The van der Waals surface area contributed by atoms with Crippen molar-refractivity contribution in [1.29, 1.82) is 0 Å². The first-order valence-corrected chi connectivity index (χ1v) is 9.68. The highest BCUT2D eigenvalue weighted by atomic mass is 19.1. The second-order valence-corrected chi connectivity index (χ2v) is 6.62. The standard InChI is InChI=1S/C24H21FN2O4/c1-2-26-24(30)27-23(29)22(18-6-4-3-5-7-18)31-20-14-10-17(11-15-20)21(28)16-8-12-19(25)13-9-16/h3-15,22H,2H2,1H3,(H2,26,27,29,30)/t22-/m0/s1. The van der Waals surface area contributed by atoms with Crippen LogP contribution in [0.5, 0.6) is 5.75 Å². The van der Waals surface area contributed by atoms with E-state index in [1.807, 2.05) is 0 Å². The second kappa shape index (κ2) is 10.2. The van der Waals surface area contributed by atoms with Crippen LogP contribution < -0.4 is 15.4 Å². The van der Waals surface area contributed by atoms with E-state index in [2.05, 4.69) is 10.6 Å². The van der Waals surface area contributed by atoms with Gasteiger partial charge in [-0.2, -0.15) is 0 Å². The van der Waals surface area contributed by atoms with Crippen molar-refractivity contribution in [3.05, 3.63) is 101 Å². The zero-order chi connectivity index (χ0) is 22.2. The first-order valence-electron chi connectivity index (χ1n) is 9.68. The van der Waals surface area contributed by atoms with E-state index >= 15 is 0 Å². The van der Waals surface area contributed by atoms with Crippen molar-refractivity contribution in [3.8, 4) is 5.75 Å². The summed E-state index contributed by atoms with van der Waals surface area (Å²) in [6, 6.07) is 19.7. The predicted molar refractivity (Wildman–Crippen MR) is 113 cm³/mol. The van der Waals surface area contributed by atoms with Crippen molar-refractivity contribution < 1.29 is 23.5 Å². The number of ketones is 1. The molecule has 0 bridgehead atoms. The van der Waals surface area contributed by atoms with Gasteiger partial charge in [0.15, 0.2) is 5.78 Å². The lowest BCUT2D eigenvalue weighted by molar-refractivity contribution is -0.127. The minimum atomic E-state index is -1.07. The van der Waals surface area contributed by atoms with Gasteiger partial charge in [-0.25, -0.2) is 9.18 Å². The molecule has 6 nitrogen and oxygen atoms in total. The Kier molecular flexibility index (Phi) is 7.11. The third-order valence-corrected chi connectivity index (χ3v) is 4.39. The van der Waals surface area contributed by atoms with Crippen LogP contribution in [0.4, 0.5) is 9.18 Å². The van der Waals surface area contributed by atoms with Gasteiger partial charge in [-0.15, -0.1) is 0 Å². The number of rotatable bonds is 7. The van der Waals surface area contributed by atoms with Gasteiger partial charge in [-0.1, -0.05) is 30.3 Å². The normalized spacial score (nSPS) is 11.3. The Labute approximate surface area is 179 Å². The molecule has 3 aromatic rings. The Morgan fingerprint density at radius 1 is 0.871 bits per heavy atom. The van der Waals surface area contributed by atoms with Gasteiger partial charge >= 0.3 is 6.03 Å². The Hall–Kier alpha value is -4.00. The maximum atomic E-state index is 13.1. The summed E-state index contributed by atoms with van der Waals surface area (Å²) in [5.74, 6) is -0.961. The molecule has 3 rings (SSSR count). The average Bonchev–Trinajstić information content (AvgIpc) is 2.78. The molecule has 0 radical (unpaired) electrons. The largest absolute Gasteiger partial charge is 0.476 e. The third-order valence-electron chi connectivity index (χ3n) is 4.39. The van der Waals surface area contributed by atoms with Crippen molar-refractivity contribution in [3.63, 3.8) is 0 Å². The first-order chi connectivity index (χ1) is 15.0. The molecule has 31 heavy (non-hydrogen) atoms. The molecule has 3 amide bonds. The van der Waals surface area contributed by atoms with Crippen molar-refractivity contribution in [2.45, 2.75) is 13.0 Å². The quantitative estimate of drug-likeness (QED) is 0.566. The summed E-state index contributed by atoms with van der Waals surface area (Å²) in [5, 5.41) is 4.75. The van der Waals surface area contributed by atoms with E-state index in [1.165, 1.54) is 24.3 Å². The average molecular weight is 420 g/mol. The van der Waals surface area contributed by atoms with Crippen LogP contribution in [0, 0.1) is 5.82 Å². The summed E-state index contributed by atoms with van der Waals surface area (Å²) in [5.41, 5.74) is 1.32. The van der Waals surface area contributed by atoms with Crippen LogP contribution in [-0.4, -0.2) is 24.3 Å². The van der Waals surface area contributed by atoms with E-state index in [9.17, 15) is 18.8 Å². The second-order valence-electron chi connectivity index (χ2n) is 6.62. The number of carbonyl (C=O) groups excluding carboxylic acids is 3. The molecule has 2 N–H and O–H groups in total. The maximum absolute atomic E-state index is 13.1. The Morgan fingerprint density at radius 3 is 2.03 bits per heavy atom. The molecule has 0 aliphatic rings. The Balaban J connectivity index is 1.78. The fourth-order valence-electron chi connectivity index (χ4n) is 2.87. The van der Waals surface area contributed by atoms with E-state index in [0.717, 1.165) is 0 Å². The maximum Gasteiger partial charge on any atom is 0.321 e.